The molecule has 0 nitrogen and oxygen atoms in total. The molecule has 0 aromatic heterocycles. The average molecular weight is 218 g/mol. The lowest BCUT2D eigenvalue weighted by Crippen LogP contribution is -2.34. The predicted molar refractivity (Wildman–Crippen MR) is 54.7 cm³/mol. The molecule has 0 bridgehead atoms. The summed E-state index contributed by atoms with van der Waals surface area (Å²) in [6.45, 7) is 3.56. The number of hydrogen-bond donors (Lipinski definition) is 0. The zero-order valence-corrected chi connectivity index (χ0v) is 8.94. The monoisotopic (exact) mass is 218 g/mol. The summed E-state index contributed by atoms with van der Waals surface area (Å²) in [7, 11) is 0. The van der Waals surface area contributed by atoms with Gasteiger partial charge in [-0.2, -0.15) is 13.2 Å². The standard InChI is InChI=1S/C12H15F3/c1-9-4-6-10(7-5-9)8-11(2,3)12(13,14)15/h4-7H,8H2,1-3H3/i8D2. The maximum atomic E-state index is 12.9. The Kier molecular flexibility index (Phi) is 2.39. The zero-order valence-electron chi connectivity index (χ0n) is 10.9. The fraction of sp³-hybridized carbons (Fsp3) is 0.500. The van der Waals surface area contributed by atoms with Crippen LogP contribution < -0.4 is 0 Å². The van der Waals surface area contributed by atoms with Gasteiger partial charge in [-0.05, 0) is 18.9 Å². The van der Waals surface area contributed by atoms with Gasteiger partial charge in [-0.25, -0.2) is 0 Å². The number of rotatable bonds is 2. The van der Waals surface area contributed by atoms with Crippen molar-refractivity contribution < 1.29 is 15.9 Å². The molecule has 0 saturated heterocycles. The topological polar surface area (TPSA) is 0 Å². The van der Waals surface area contributed by atoms with Crippen molar-refractivity contribution in [2.75, 3.05) is 0 Å². The highest BCUT2D eigenvalue weighted by molar-refractivity contribution is 5.22. The molecule has 0 N–H and O–H groups in total. The molecule has 0 fully saturated rings. The molecule has 0 aliphatic carbocycles. The van der Waals surface area contributed by atoms with Gasteiger partial charge in [-0.3, -0.25) is 0 Å². The van der Waals surface area contributed by atoms with Crippen LogP contribution in [0.4, 0.5) is 13.2 Å². The van der Waals surface area contributed by atoms with E-state index in [9.17, 15) is 13.2 Å². The van der Waals surface area contributed by atoms with Gasteiger partial charge in [0.25, 0.3) is 0 Å². The molecule has 0 spiro atoms. The molecule has 0 atom stereocenters. The number of aryl methyl sites for hydroxylation is 1. The highest BCUT2D eigenvalue weighted by atomic mass is 19.4. The molecule has 0 amide bonds. The van der Waals surface area contributed by atoms with E-state index in [0.717, 1.165) is 19.4 Å². The lowest BCUT2D eigenvalue weighted by Gasteiger charge is -2.27. The normalized spacial score (nSPS) is 15.9. The fourth-order valence-electron chi connectivity index (χ4n) is 1.07. The Labute approximate surface area is 90.9 Å². The van der Waals surface area contributed by atoms with Crippen molar-refractivity contribution in [2.24, 2.45) is 5.41 Å². The van der Waals surface area contributed by atoms with Crippen LogP contribution in [-0.4, -0.2) is 6.18 Å². The third-order valence-electron chi connectivity index (χ3n) is 2.22. The maximum Gasteiger partial charge on any atom is 0.394 e. The summed E-state index contributed by atoms with van der Waals surface area (Å²) in [6.07, 6.45) is -7.06. The van der Waals surface area contributed by atoms with Crippen molar-refractivity contribution in [3.05, 3.63) is 35.4 Å². The van der Waals surface area contributed by atoms with Gasteiger partial charge in [0.15, 0.2) is 0 Å². The minimum absolute atomic E-state index is 0.0467. The Morgan fingerprint density at radius 2 is 1.60 bits per heavy atom. The van der Waals surface area contributed by atoms with Crippen molar-refractivity contribution in [3.8, 4) is 0 Å². The second kappa shape index (κ2) is 3.87. The lowest BCUT2D eigenvalue weighted by atomic mass is 9.85. The SMILES string of the molecule is [2H]C([2H])(c1ccc(C)cc1)C(C)(C)C(F)(F)F. The molecule has 1 rings (SSSR count). The van der Waals surface area contributed by atoms with E-state index in [1.807, 2.05) is 0 Å². The first-order chi connectivity index (χ1) is 7.50. The molecule has 0 saturated carbocycles. The minimum atomic E-state index is -4.60. The van der Waals surface area contributed by atoms with Crippen molar-refractivity contribution in [1.82, 2.24) is 0 Å². The molecule has 0 aliphatic rings. The van der Waals surface area contributed by atoms with Crippen molar-refractivity contribution in [3.63, 3.8) is 0 Å². The first-order valence-electron chi connectivity index (χ1n) is 5.64. The Morgan fingerprint density at radius 3 is 2.00 bits per heavy atom. The van der Waals surface area contributed by atoms with Crippen LogP contribution in [0.1, 0.15) is 27.7 Å². The van der Waals surface area contributed by atoms with Gasteiger partial charge in [-0.1, -0.05) is 43.7 Å². The molecular weight excluding hydrogens is 201 g/mol. The Balaban J connectivity index is 3.23. The molecule has 1 aromatic rings. The Morgan fingerprint density at radius 1 is 1.13 bits per heavy atom. The van der Waals surface area contributed by atoms with E-state index in [1.54, 1.807) is 19.1 Å². The van der Waals surface area contributed by atoms with Gasteiger partial charge < -0.3 is 0 Å². The molecule has 84 valence electrons. The van der Waals surface area contributed by atoms with Gasteiger partial charge in [-0.15, -0.1) is 0 Å². The van der Waals surface area contributed by atoms with E-state index in [2.05, 4.69) is 0 Å². The Bertz CT molecular complexity index is 391. The average Bonchev–Trinajstić information content (AvgIpc) is 2.16. The summed E-state index contributed by atoms with van der Waals surface area (Å²) < 4.78 is 54.0. The van der Waals surface area contributed by atoms with E-state index in [-0.39, 0.29) is 5.56 Å². The Hall–Kier alpha value is -0.990. The number of halogens is 3. The fourth-order valence-corrected chi connectivity index (χ4v) is 1.07. The zero-order chi connectivity index (χ0) is 13.5. The summed E-state index contributed by atoms with van der Waals surface area (Å²) in [6, 6.07) is 6.03. The van der Waals surface area contributed by atoms with Crippen LogP contribution in [0, 0.1) is 12.3 Å². The second-order valence-corrected chi connectivity index (χ2v) is 4.11. The second-order valence-electron chi connectivity index (χ2n) is 4.11. The maximum absolute atomic E-state index is 12.9. The first kappa shape index (κ1) is 9.25. The largest absolute Gasteiger partial charge is 0.394 e. The van der Waals surface area contributed by atoms with Gasteiger partial charge in [0, 0.05) is 2.74 Å². The number of alkyl halides is 3. The molecule has 15 heavy (non-hydrogen) atoms. The van der Waals surface area contributed by atoms with E-state index < -0.39 is 18.0 Å². The highest BCUT2D eigenvalue weighted by Gasteiger charge is 2.46. The molecule has 0 heterocycles. The molecular formula is C12H15F3. The third kappa shape index (κ3) is 2.98. The molecule has 3 heteroatoms. The van der Waals surface area contributed by atoms with Crippen molar-refractivity contribution >= 4 is 0 Å². The van der Waals surface area contributed by atoms with E-state index >= 15 is 0 Å². The van der Waals surface area contributed by atoms with Crippen LogP contribution in [0.5, 0.6) is 0 Å². The summed E-state index contributed by atoms with van der Waals surface area (Å²) in [5, 5.41) is 0. The first-order valence-corrected chi connectivity index (χ1v) is 4.64. The van der Waals surface area contributed by atoms with Gasteiger partial charge in [0.1, 0.15) is 0 Å². The predicted octanol–water partition coefficient (Wildman–Crippen LogP) is 4.13. The van der Waals surface area contributed by atoms with E-state index in [4.69, 9.17) is 2.74 Å². The van der Waals surface area contributed by atoms with E-state index in [0.29, 0.717) is 0 Å². The summed E-state index contributed by atoms with van der Waals surface area (Å²) in [4.78, 5) is 0. The van der Waals surface area contributed by atoms with Crippen molar-refractivity contribution in [2.45, 2.75) is 33.3 Å². The molecule has 0 radical (unpaired) electrons. The quantitative estimate of drug-likeness (QED) is 0.700. The highest BCUT2D eigenvalue weighted by Crippen LogP contribution is 2.40. The minimum Gasteiger partial charge on any atom is -0.171 e. The smallest absolute Gasteiger partial charge is 0.171 e. The van der Waals surface area contributed by atoms with Crippen LogP contribution in [0.2, 0.25) is 0 Å². The van der Waals surface area contributed by atoms with Gasteiger partial charge >= 0.3 is 6.18 Å². The van der Waals surface area contributed by atoms with Crippen LogP contribution >= 0.6 is 0 Å². The van der Waals surface area contributed by atoms with Gasteiger partial charge in [0.2, 0.25) is 0 Å². The van der Waals surface area contributed by atoms with Crippen molar-refractivity contribution in [1.29, 1.82) is 0 Å². The third-order valence-corrected chi connectivity index (χ3v) is 2.22. The summed E-state index contributed by atoms with van der Waals surface area (Å²) in [5.74, 6) is 0. The number of hydrogen-bond acceptors (Lipinski definition) is 0. The lowest BCUT2D eigenvalue weighted by molar-refractivity contribution is -0.211. The van der Waals surface area contributed by atoms with E-state index in [1.165, 1.54) is 12.1 Å². The van der Waals surface area contributed by atoms with Crippen LogP contribution in [0.15, 0.2) is 24.3 Å². The summed E-state index contributed by atoms with van der Waals surface area (Å²) in [5.41, 5.74) is -1.50. The number of benzene rings is 1. The van der Waals surface area contributed by atoms with Crippen LogP contribution in [-0.2, 0) is 6.37 Å². The van der Waals surface area contributed by atoms with Crippen LogP contribution in [0.25, 0.3) is 0 Å². The van der Waals surface area contributed by atoms with Gasteiger partial charge in [0.05, 0.1) is 5.41 Å². The van der Waals surface area contributed by atoms with Crippen LogP contribution in [0.3, 0.4) is 0 Å². The summed E-state index contributed by atoms with van der Waals surface area (Å²) >= 11 is 0. The molecule has 1 aromatic carbocycles. The molecule has 0 unspecified atom stereocenters. The molecule has 0 aliphatic heterocycles.